The molecule has 0 saturated heterocycles. The number of rotatable bonds is 5. The van der Waals surface area contributed by atoms with Crippen molar-refractivity contribution in [2.45, 2.75) is 25.8 Å². The summed E-state index contributed by atoms with van der Waals surface area (Å²) in [5, 5.41) is 5.77. The molecule has 0 atom stereocenters. The molecule has 21 heavy (non-hydrogen) atoms. The van der Waals surface area contributed by atoms with Crippen molar-refractivity contribution >= 4 is 6.03 Å². The number of hydrogen-bond donors (Lipinski definition) is 2. The van der Waals surface area contributed by atoms with Crippen molar-refractivity contribution < 1.29 is 4.79 Å². The summed E-state index contributed by atoms with van der Waals surface area (Å²) >= 11 is 0. The number of nitrogens with one attached hydrogen (secondary N) is 2. The molecule has 110 valence electrons. The third kappa shape index (κ3) is 4.60. The standard InChI is InChI=1S/C17H21N3O/c1-17(2,15-6-4-3-5-7-15)13-20-16(21)19-12-14-8-10-18-11-9-14/h3-11H,12-13H2,1-2H3,(H2,19,20,21). The third-order valence-corrected chi connectivity index (χ3v) is 3.45. The smallest absolute Gasteiger partial charge is 0.315 e. The lowest BCUT2D eigenvalue weighted by molar-refractivity contribution is 0.238. The summed E-state index contributed by atoms with van der Waals surface area (Å²) in [7, 11) is 0. The molecule has 0 bridgehead atoms. The number of aromatic nitrogens is 1. The van der Waals surface area contributed by atoms with E-state index in [4.69, 9.17) is 0 Å². The molecule has 2 rings (SSSR count). The number of amides is 2. The largest absolute Gasteiger partial charge is 0.337 e. The Hall–Kier alpha value is -2.36. The predicted molar refractivity (Wildman–Crippen MR) is 83.9 cm³/mol. The highest BCUT2D eigenvalue weighted by Gasteiger charge is 2.20. The maximum absolute atomic E-state index is 11.9. The van der Waals surface area contributed by atoms with Gasteiger partial charge in [-0.05, 0) is 23.3 Å². The van der Waals surface area contributed by atoms with E-state index >= 15 is 0 Å². The summed E-state index contributed by atoms with van der Waals surface area (Å²) < 4.78 is 0. The number of pyridine rings is 1. The van der Waals surface area contributed by atoms with Crippen molar-refractivity contribution in [1.29, 1.82) is 0 Å². The minimum absolute atomic E-state index is 0.102. The number of benzene rings is 1. The number of nitrogens with zero attached hydrogens (tertiary/aromatic N) is 1. The number of hydrogen-bond acceptors (Lipinski definition) is 2. The highest BCUT2D eigenvalue weighted by atomic mass is 16.2. The summed E-state index contributed by atoms with van der Waals surface area (Å²) in [5.74, 6) is 0. The molecule has 0 aliphatic rings. The average molecular weight is 283 g/mol. The predicted octanol–water partition coefficient (Wildman–Crippen LogP) is 2.86. The van der Waals surface area contributed by atoms with E-state index < -0.39 is 0 Å². The van der Waals surface area contributed by atoms with Crippen LogP contribution in [0.5, 0.6) is 0 Å². The zero-order valence-electron chi connectivity index (χ0n) is 12.5. The van der Waals surface area contributed by atoms with Crippen LogP contribution in [0.1, 0.15) is 25.0 Å². The van der Waals surface area contributed by atoms with Crippen molar-refractivity contribution in [3.8, 4) is 0 Å². The molecular weight excluding hydrogens is 262 g/mol. The van der Waals surface area contributed by atoms with Crippen LogP contribution in [0.3, 0.4) is 0 Å². The van der Waals surface area contributed by atoms with Crippen molar-refractivity contribution in [3.63, 3.8) is 0 Å². The quantitative estimate of drug-likeness (QED) is 0.886. The van der Waals surface area contributed by atoms with E-state index in [1.807, 2.05) is 30.3 Å². The van der Waals surface area contributed by atoms with Crippen LogP contribution in [0.4, 0.5) is 4.79 Å². The highest BCUT2D eigenvalue weighted by molar-refractivity contribution is 5.73. The first-order valence-corrected chi connectivity index (χ1v) is 7.04. The average Bonchev–Trinajstić information content (AvgIpc) is 2.53. The van der Waals surface area contributed by atoms with Gasteiger partial charge >= 0.3 is 6.03 Å². The van der Waals surface area contributed by atoms with Crippen molar-refractivity contribution in [2.75, 3.05) is 6.54 Å². The molecule has 0 radical (unpaired) electrons. The van der Waals surface area contributed by atoms with Gasteiger partial charge in [-0.3, -0.25) is 4.98 Å². The normalized spacial score (nSPS) is 11.0. The fraction of sp³-hybridized carbons (Fsp3) is 0.294. The molecular formula is C17H21N3O. The molecule has 0 fully saturated rings. The summed E-state index contributed by atoms with van der Waals surface area (Å²) in [6, 6.07) is 13.8. The van der Waals surface area contributed by atoms with Crippen molar-refractivity contribution in [2.24, 2.45) is 0 Å². The van der Waals surface area contributed by atoms with E-state index in [-0.39, 0.29) is 11.4 Å². The SMILES string of the molecule is CC(C)(CNC(=O)NCc1ccncc1)c1ccccc1. The maximum Gasteiger partial charge on any atom is 0.315 e. The van der Waals surface area contributed by atoms with Gasteiger partial charge in [-0.2, -0.15) is 0 Å². The third-order valence-electron chi connectivity index (χ3n) is 3.45. The lowest BCUT2D eigenvalue weighted by Crippen LogP contribution is -2.42. The van der Waals surface area contributed by atoms with Crippen LogP contribution < -0.4 is 10.6 Å². The van der Waals surface area contributed by atoms with Crippen molar-refractivity contribution in [3.05, 3.63) is 66.0 Å². The Morgan fingerprint density at radius 1 is 1.05 bits per heavy atom. The molecule has 1 heterocycles. The first kappa shape index (κ1) is 15.0. The van der Waals surface area contributed by atoms with Crippen LogP contribution in [0.15, 0.2) is 54.9 Å². The molecule has 0 unspecified atom stereocenters. The Labute approximate surface area is 125 Å². The van der Waals surface area contributed by atoms with Gasteiger partial charge in [0.1, 0.15) is 0 Å². The zero-order valence-corrected chi connectivity index (χ0v) is 12.5. The molecule has 2 N–H and O–H groups in total. The minimum atomic E-state index is -0.157. The van der Waals surface area contributed by atoms with Gasteiger partial charge in [0.15, 0.2) is 0 Å². The monoisotopic (exact) mass is 283 g/mol. The van der Waals surface area contributed by atoms with Gasteiger partial charge in [-0.25, -0.2) is 4.79 Å². The summed E-state index contributed by atoms with van der Waals surface area (Å²) in [4.78, 5) is 15.8. The number of carbonyl (C=O) groups excluding carboxylic acids is 1. The van der Waals surface area contributed by atoms with E-state index in [1.54, 1.807) is 12.4 Å². The van der Waals surface area contributed by atoms with Gasteiger partial charge in [0, 0.05) is 30.9 Å². The van der Waals surface area contributed by atoms with Crippen LogP contribution in [0, 0.1) is 0 Å². The first-order valence-electron chi connectivity index (χ1n) is 7.04. The Balaban J connectivity index is 1.81. The summed E-state index contributed by atoms with van der Waals surface area (Å²) in [6.07, 6.45) is 3.43. The van der Waals surface area contributed by atoms with Gasteiger partial charge in [0.2, 0.25) is 0 Å². The second-order valence-electron chi connectivity index (χ2n) is 5.64. The topological polar surface area (TPSA) is 54.0 Å². The van der Waals surface area contributed by atoms with E-state index in [9.17, 15) is 4.79 Å². The lowest BCUT2D eigenvalue weighted by atomic mass is 9.85. The lowest BCUT2D eigenvalue weighted by Gasteiger charge is -2.25. The molecule has 2 amide bonds. The van der Waals surface area contributed by atoms with Gasteiger partial charge in [-0.15, -0.1) is 0 Å². The molecule has 0 aliphatic carbocycles. The van der Waals surface area contributed by atoms with Crippen LogP contribution in [-0.2, 0) is 12.0 Å². The molecule has 1 aromatic carbocycles. The van der Waals surface area contributed by atoms with Crippen LogP contribution in [-0.4, -0.2) is 17.6 Å². The Bertz CT molecular complexity index is 567. The van der Waals surface area contributed by atoms with Gasteiger partial charge in [-0.1, -0.05) is 44.2 Å². The summed E-state index contributed by atoms with van der Waals surface area (Å²) in [5.41, 5.74) is 2.14. The highest BCUT2D eigenvalue weighted by Crippen LogP contribution is 2.21. The number of carbonyl (C=O) groups is 1. The summed E-state index contributed by atoms with van der Waals surface area (Å²) in [6.45, 7) is 5.32. The Morgan fingerprint density at radius 2 is 1.71 bits per heavy atom. The van der Waals surface area contributed by atoms with Crippen LogP contribution in [0.25, 0.3) is 0 Å². The maximum atomic E-state index is 11.9. The second-order valence-corrected chi connectivity index (χ2v) is 5.64. The van der Waals surface area contributed by atoms with E-state index in [0.717, 1.165) is 5.56 Å². The van der Waals surface area contributed by atoms with Crippen LogP contribution in [0.2, 0.25) is 0 Å². The number of urea groups is 1. The Morgan fingerprint density at radius 3 is 2.38 bits per heavy atom. The molecule has 0 aliphatic heterocycles. The minimum Gasteiger partial charge on any atom is -0.337 e. The molecule has 0 saturated carbocycles. The molecule has 4 nitrogen and oxygen atoms in total. The molecule has 4 heteroatoms. The first-order chi connectivity index (χ1) is 10.1. The fourth-order valence-corrected chi connectivity index (χ4v) is 2.04. The van der Waals surface area contributed by atoms with E-state index in [0.29, 0.717) is 13.1 Å². The fourth-order valence-electron chi connectivity index (χ4n) is 2.04. The second kappa shape index (κ2) is 6.88. The van der Waals surface area contributed by atoms with Gasteiger partial charge in [0.25, 0.3) is 0 Å². The zero-order chi connectivity index (χ0) is 15.1. The molecule has 1 aromatic heterocycles. The van der Waals surface area contributed by atoms with Gasteiger partial charge < -0.3 is 10.6 Å². The molecule has 0 spiro atoms. The van der Waals surface area contributed by atoms with E-state index in [1.165, 1.54) is 5.56 Å². The molecule has 2 aromatic rings. The van der Waals surface area contributed by atoms with E-state index in [2.05, 4.69) is 41.6 Å². The van der Waals surface area contributed by atoms with Crippen LogP contribution >= 0.6 is 0 Å². The van der Waals surface area contributed by atoms with Crippen molar-refractivity contribution in [1.82, 2.24) is 15.6 Å². The Kier molecular flexibility index (Phi) is 4.93. The van der Waals surface area contributed by atoms with Gasteiger partial charge in [0.05, 0.1) is 0 Å².